The zero-order valence-corrected chi connectivity index (χ0v) is 13.0. The molecule has 0 aliphatic rings. The van der Waals surface area contributed by atoms with E-state index in [0.717, 1.165) is 5.56 Å². The quantitative estimate of drug-likeness (QED) is 0.905. The number of carbonyl (C=O) groups is 1. The van der Waals surface area contributed by atoms with E-state index in [1.807, 2.05) is 19.1 Å². The highest BCUT2D eigenvalue weighted by Crippen LogP contribution is 2.24. The summed E-state index contributed by atoms with van der Waals surface area (Å²) in [4.78, 5) is 15.9. The van der Waals surface area contributed by atoms with E-state index in [0.29, 0.717) is 17.1 Å². The summed E-state index contributed by atoms with van der Waals surface area (Å²) in [5.41, 5.74) is 1.57. The lowest BCUT2D eigenvalue weighted by molar-refractivity contribution is 0.0636. The van der Waals surface area contributed by atoms with Gasteiger partial charge in [0, 0.05) is 11.3 Å². The third-order valence-corrected chi connectivity index (χ3v) is 2.73. The summed E-state index contributed by atoms with van der Waals surface area (Å²) in [5, 5.41) is 15.4. The SMILES string of the molecule is Cc1ccc(-c2noc(CO)n2)cc1NC(=O)OC(C)(C)C. The number of hydrogen-bond donors (Lipinski definition) is 2. The van der Waals surface area contributed by atoms with Crippen LogP contribution in [0.25, 0.3) is 11.4 Å². The maximum atomic E-state index is 11.9. The second kappa shape index (κ2) is 6.15. The van der Waals surface area contributed by atoms with Crippen LogP contribution in [0.2, 0.25) is 0 Å². The molecule has 0 spiro atoms. The fourth-order valence-corrected chi connectivity index (χ4v) is 1.75. The predicted octanol–water partition coefficient (Wildman–Crippen LogP) is 2.88. The molecule has 0 atom stereocenters. The van der Waals surface area contributed by atoms with Crippen molar-refractivity contribution >= 4 is 11.8 Å². The van der Waals surface area contributed by atoms with Gasteiger partial charge in [0.05, 0.1) is 0 Å². The molecular formula is C15H19N3O4. The Kier molecular flexibility index (Phi) is 4.46. The number of carbonyl (C=O) groups excluding carboxylic acids is 1. The number of hydrogen-bond acceptors (Lipinski definition) is 6. The first-order valence-corrected chi connectivity index (χ1v) is 6.83. The van der Waals surface area contributed by atoms with Crippen molar-refractivity contribution in [3.63, 3.8) is 0 Å². The molecule has 1 aromatic carbocycles. The Morgan fingerprint density at radius 3 is 2.73 bits per heavy atom. The van der Waals surface area contributed by atoms with Gasteiger partial charge in [-0.25, -0.2) is 4.79 Å². The highest BCUT2D eigenvalue weighted by atomic mass is 16.6. The van der Waals surface area contributed by atoms with Gasteiger partial charge in [0.1, 0.15) is 12.2 Å². The standard InChI is InChI=1S/C15H19N3O4/c1-9-5-6-10(13-17-12(8-19)22-18-13)7-11(9)16-14(20)21-15(2,3)4/h5-7,19H,8H2,1-4H3,(H,16,20). The molecule has 0 fully saturated rings. The van der Waals surface area contributed by atoms with Crippen molar-refractivity contribution in [2.45, 2.75) is 39.9 Å². The van der Waals surface area contributed by atoms with Crippen molar-refractivity contribution in [3.05, 3.63) is 29.7 Å². The molecule has 0 unspecified atom stereocenters. The Morgan fingerprint density at radius 1 is 1.41 bits per heavy atom. The number of rotatable bonds is 3. The van der Waals surface area contributed by atoms with Crippen molar-refractivity contribution in [1.82, 2.24) is 10.1 Å². The Balaban J connectivity index is 2.21. The largest absolute Gasteiger partial charge is 0.444 e. The topological polar surface area (TPSA) is 97.5 Å². The number of ether oxygens (including phenoxy) is 1. The average molecular weight is 305 g/mol. The van der Waals surface area contributed by atoms with Crippen LogP contribution < -0.4 is 5.32 Å². The molecule has 0 radical (unpaired) electrons. The second-order valence-corrected chi connectivity index (χ2v) is 5.83. The van der Waals surface area contributed by atoms with E-state index in [2.05, 4.69) is 15.5 Å². The summed E-state index contributed by atoms with van der Waals surface area (Å²) in [6.45, 7) is 6.94. The zero-order chi connectivity index (χ0) is 16.3. The van der Waals surface area contributed by atoms with Crippen LogP contribution in [0.15, 0.2) is 22.7 Å². The van der Waals surface area contributed by atoms with Gasteiger partial charge in [-0.3, -0.25) is 5.32 Å². The molecule has 0 aliphatic heterocycles. The van der Waals surface area contributed by atoms with Gasteiger partial charge >= 0.3 is 6.09 Å². The molecule has 1 aromatic heterocycles. The van der Waals surface area contributed by atoms with E-state index < -0.39 is 11.7 Å². The molecule has 1 heterocycles. The Morgan fingerprint density at radius 2 is 2.14 bits per heavy atom. The van der Waals surface area contributed by atoms with E-state index >= 15 is 0 Å². The summed E-state index contributed by atoms with van der Waals surface area (Å²) in [6.07, 6.45) is -0.531. The molecule has 7 nitrogen and oxygen atoms in total. The third-order valence-electron chi connectivity index (χ3n) is 2.73. The fraction of sp³-hybridized carbons (Fsp3) is 0.400. The molecule has 0 bridgehead atoms. The highest BCUT2D eigenvalue weighted by molar-refractivity contribution is 5.87. The van der Waals surface area contributed by atoms with E-state index in [4.69, 9.17) is 14.4 Å². The minimum Gasteiger partial charge on any atom is -0.444 e. The number of benzene rings is 1. The van der Waals surface area contributed by atoms with Gasteiger partial charge in [-0.2, -0.15) is 4.98 Å². The number of nitrogens with one attached hydrogen (secondary N) is 1. The Labute approximate surface area is 128 Å². The number of aliphatic hydroxyl groups excluding tert-OH is 1. The van der Waals surface area contributed by atoms with Gasteiger partial charge < -0.3 is 14.4 Å². The molecule has 2 N–H and O–H groups in total. The molecule has 2 aromatic rings. The third kappa shape index (κ3) is 4.05. The summed E-state index contributed by atoms with van der Waals surface area (Å²) in [6, 6.07) is 5.36. The van der Waals surface area contributed by atoms with E-state index in [1.165, 1.54) is 0 Å². The van der Waals surface area contributed by atoms with E-state index in [1.54, 1.807) is 26.8 Å². The lowest BCUT2D eigenvalue weighted by Crippen LogP contribution is -2.27. The number of aryl methyl sites for hydroxylation is 1. The summed E-state index contributed by atoms with van der Waals surface area (Å²) < 4.78 is 10.1. The number of nitrogens with zero attached hydrogens (tertiary/aromatic N) is 2. The molecule has 0 saturated carbocycles. The van der Waals surface area contributed by atoms with Gasteiger partial charge in [-0.15, -0.1) is 0 Å². The van der Waals surface area contributed by atoms with Gasteiger partial charge in [-0.1, -0.05) is 17.3 Å². The van der Waals surface area contributed by atoms with E-state index in [9.17, 15) is 4.79 Å². The van der Waals surface area contributed by atoms with Gasteiger partial charge in [0.2, 0.25) is 5.82 Å². The van der Waals surface area contributed by atoms with Crippen LogP contribution in [-0.2, 0) is 11.3 Å². The second-order valence-electron chi connectivity index (χ2n) is 5.83. The fourth-order valence-electron chi connectivity index (χ4n) is 1.75. The average Bonchev–Trinajstić information content (AvgIpc) is 2.88. The number of aliphatic hydroxyl groups is 1. The van der Waals surface area contributed by atoms with Crippen LogP contribution in [0.4, 0.5) is 10.5 Å². The number of aromatic nitrogens is 2. The molecule has 22 heavy (non-hydrogen) atoms. The highest BCUT2D eigenvalue weighted by Gasteiger charge is 2.17. The number of amides is 1. The van der Waals surface area contributed by atoms with Crippen LogP contribution in [0.1, 0.15) is 32.2 Å². The minimum atomic E-state index is -0.570. The Bertz CT molecular complexity index is 674. The van der Waals surface area contributed by atoms with Crippen LogP contribution in [0.5, 0.6) is 0 Å². The smallest absolute Gasteiger partial charge is 0.412 e. The molecule has 7 heteroatoms. The van der Waals surface area contributed by atoms with Crippen molar-refractivity contribution in [2.24, 2.45) is 0 Å². The van der Waals surface area contributed by atoms with Gasteiger partial charge in [0.25, 0.3) is 5.89 Å². The minimum absolute atomic E-state index is 0.136. The van der Waals surface area contributed by atoms with Crippen LogP contribution in [-0.4, -0.2) is 26.9 Å². The number of anilines is 1. The van der Waals surface area contributed by atoms with E-state index in [-0.39, 0.29) is 12.5 Å². The first-order valence-electron chi connectivity index (χ1n) is 6.83. The van der Waals surface area contributed by atoms with Crippen LogP contribution in [0, 0.1) is 6.92 Å². The Hall–Kier alpha value is -2.41. The molecule has 0 aliphatic carbocycles. The zero-order valence-electron chi connectivity index (χ0n) is 13.0. The molecular weight excluding hydrogens is 286 g/mol. The lowest BCUT2D eigenvalue weighted by Gasteiger charge is -2.20. The maximum absolute atomic E-state index is 11.9. The molecule has 2 rings (SSSR count). The van der Waals surface area contributed by atoms with Gasteiger partial charge in [-0.05, 0) is 39.3 Å². The van der Waals surface area contributed by atoms with Crippen molar-refractivity contribution in [2.75, 3.05) is 5.32 Å². The maximum Gasteiger partial charge on any atom is 0.412 e. The summed E-state index contributed by atoms with van der Waals surface area (Å²) >= 11 is 0. The van der Waals surface area contributed by atoms with Crippen molar-refractivity contribution < 1.29 is 19.2 Å². The molecule has 0 saturated heterocycles. The first kappa shape index (κ1) is 16.0. The van der Waals surface area contributed by atoms with Crippen LogP contribution in [0.3, 0.4) is 0 Å². The molecule has 1 amide bonds. The molecule has 118 valence electrons. The van der Waals surface area contributed by atoms with Crippen LogP contribution >= 0.6 is 0 Å². The summed E-state index contributed by atoms with van der Waals surface area (Å²) in [5.74, 6) is 0.480. The lowest BCUT2D eigenvalue weighted by atomic mass is 10.1. The summed E-state index contributed by atoms with van der Waals surface area (Å²) in [7, 11) is 0. The van der Waals surface area contributed by atoms with Crippen molar-refractivity contribution in [1.29, 1.82) is 0 Å². The normalized spacial score (nSPS) is 11.3. The van der Waals surface area contributed by atoms with Crippen molar-refractivity contribution in [3.8, 4) is 11.4 Å². The first-order chi connectivity index (χ1) is 10.3. The monoisotopic (exact) mass is 305 g/mol. The van der Waals surface area contributed by atoms with Gasteiger partial charge in [0.15, 0.2) is 0 Å². The predicted molar refractivity (Wildman–Crippen MR) is 80.3 cm³/mol.